The Morgan fingerprint density at radius 1 is 0.923 bits per heavy atom. The van der Waals surface area contributed by atoms with Gasteiger partial charge in [-0.05, 0) is 63.1 Å². The summed E-state index contributed by atoms with van der Waals surface area (Å²) in [5.41, 5.74) is 2.41. The van der Waals surface area contributed by atoms with Gasteiger partial charge in [0, 0.05) is 28.7 Å². The number of rotatable bonds is 11. The van der Waals surface area contributed by atoms with Gasteiger partial charge in [0.2, 0.25) is 11.8 Å². The summed E-state index contributed by atoms with van der Waals surface area (Å²) in [5.74, 6) is -0.943. The normalized spacial score (nSPS) is 12.1. The van der Waals surface area contributed by atoms with Gasteiger partial charge >= 0.3 is 0 Å². The molecule has 0 aromatic heterocycles. The largest absolute Gasteiger partial charge is 0.354 e. The summed E-state index contributed by atoms with van der Waals surface area (Å²) in [4.78, 5) is 28.3. The second kappa shape index (κ2) is 13.3. The molecule has 0 unspecified atom stereocenters. The summed E-state index contributed by atoms with van der Waals surface area (Å²) in [5, 5.41) is 3.48. The maximum atomic E-state index is 14.0. The third kappa shape index (κ3) is 7.32. The highest BCUT2D eigenvalue weighted by molar-refractivity contribution is 7.92. The van der Waals surface area contributed by atoms with Crippen LogP contribution in [0, 0.1) is 13.8 Å². The first-order valence-electron chi connectivity index (χ1n) is 12.6. The average molecular weight is 591 g/mol. The molecule has 2 amide bonds. The third-order valence-electron chi connectivity index (χ3n) is 6.38. The van der Waals surface area contributed by atoms with Crippen LogP contribution in [0.25, 0.3) is 0 Å². The first-order chi connectivity index (χ1) is 18.5. The van der Waals surface area contributed by atoms with E-state index in [0.717, 1.165) is 16.3 Å². The predicted octanol–water partition coefficient (Wildman–Crippen LogP) is 5.75. The molecule has 0 spiro atoms. The van der Waals surface area contributed by atoms with E-state index < -0.39 is 28.5 Å². The molecule has 0 saturated carbocycles. The second-order valence-corrected chi connectivity index (χ2v) is 12.0. The molecule has 0 bridgehead atoms. The number of sulfonamides is 1. The van der Waals surface area contributed by atoms with Gasteiger partial charge in [-0.25, -0.2) is 8.42 Å². The highest BCUT2D eigenvalue weighted by Crippen LogP contribution is 2.29. The van der Waals surface area contributed by atoms with Crippen molar-refractivity contribution in [1.29, 1.82) is 0 Å². The quantitative estimate of drug-likeness (QED) is 0.308. The van der Waals surface area contributed by atoms with Crippen molar-refractivity contribution in [3.8, 4) is 0 Å². The van der Waals surface area contributed by atoms with E-state index in [4.69, 9.17) is 23.2 Å². The summed E-state index contributed by atoms with van der Waals surface area (Å²) in [6.07, 6.45) is 0.721. The summed E-state index contributed by atoms with van der Waals surface area (Å²) in [6, 6.07) is 17.4. The molecule has 3 rings (SSSR count). The Bertz CT molecular complexity index is 1410. The van der Waals surface area contributed by atoms with Gasteiger partial charge in [0.05, 0.1) is 10.6 Å². The van der Waals surface area contributed by atoms with Crippen LogP contribution in [0.5, 0.6) is 0 Å². The molecule has 0 aliphatic heterocycles. The summed E-state index contributed by atoms with van der Waals surface area (Å²) in [6.45, 7) is 6.99. The molecule has 0 aliphatic carbocycles. The molecule has 0 aliphatic rings. The standard InChI is InChI=1S/C29H33Cl2N3O4S/c1-5-17-32-29(36)22(4)33(18-24-25(30)10-8-11-26(24)31)28(35)19-34(27-12-7-6-9-21(27)3)39(37,38)23-15-13-20(2)14-16-23/h6-16,22H,5,17-19H2,1-4H3,(H,32,36)/t22-/m0/s1. The van der Waals surface area contributed by atoms with Crippen LogP contribution in [-0.2, 0) is 26.2 Å². The first-order valence-corrected chi connectivity index (χ1v) is 14.8. The van der Waals surface area contributed by atoms with Gasteiger partial charge in [0.15, 0.2) is 0 Å². The summed E-state index contributed by atoms with van der Waals surface area (Å²) < 4.78 is 28.9. The molecule has 39 heavy (non-hydrogen) atoms. The third-order valence-corrected chi connectivity index (χ3v) is 8.86. The first kappa shape index (κ1) is 30.5. The molecular weight excluding hydrogens is 557 g/mol. The number of para-hydroxylation sites is 1. The van der Waals surface area contributed by atoms with E-state index in [9.17, 15) is 18.0 Å². The molecule has 3 aromatic rings. The summed E-state index contributed by atoms with van der Waals surface area (Å²) in [7, 11) is -4.14. The number of aryl methyl sites for hydroxylation is 2. The fraction of sp³-hybridized carbons (Fsp3) is 0.310. The van der Waals surface area contributed by atoms with Crippen molar-refractivity contribution in [1.82, 2.24) is 10.2 Å². The number of anilines is 1. The zero-order valence-electron chi connectivity index (χ0n) is 22.4. The number of nitrogens with one attached hydrogen (secondary N) is 1. The van der Waals surface area contributed by atoms with Gasteiger partial charge in [-0.2, -0.15) is 0 Å². The van der Waals surface area contributed by atoms with Crippen molar-refractivity contribution < 1.29 is 18.0 Å². The zero-order valence-corrected chi connectivity index (χ0v) is 24.8. The topological polar surface area (TPSA) is 86.8 Å². The number of hydrogen-bond acceptors (Lipinski definition) is 4. The number of halogens is 2. The van der Waals surface area contributed by atoms with Gasteiger partial charge in [0.1, 0.15) is 12.6 Å². The Morgan fingerprint density at radius 2 is 1.54 bits per heavy atom. The Morgan fingerprint density at radius 3 is 2.13 bits per heavy atom. The molecule has 0 fully saturated rings. The fourth-order valence-corrected chi connectivity index (χ4v) is 6.02. The van der Waals surface area contributed by atoms with Crippen LogP contribution in [-0.4, -0.2) is 44.3 Å². The number of carbonyl (C=O) groups is 2. The maximum Gasteiger partial charge on any atom is 0.264 e. The molecule has 1 N–H and O–H groups in total. The van der Waals surface area contributed by atoms with Gasteiger partial charge in [0.25, 0.3) is 10.0 Å². The SMILES string of the molecule is CCCNC(=O)[C@H](C)N(Cc1c(Cl)cccc1Cl)C(=O)CN(c1ccccc1C)S(=O)(=O)c1ccc(C)cc1. The molecule has 10 heteroatoms. The van der Waals surface area contributed by atoms with Crippen LogP contribution < -0.4 is 9.62 Å². The van der Waals surface area contributed by atoms with E-state index in [1.54, 1.807) is 68.4 Å². The van der Waals surface area contributed by atoms with E-state index >= 15 is 0 Å². The monoisotopic (exact) mass is 589 g/mol. The lowest BCUT2D eigenvalue weighted by atomic mass is 10.1. The van der Waals surface area contributed by atoms with Crippen molar-refractivity contribution in [3.63, 3.8) is 0 Å². The lowest BCUT2D eigenvalue weighted by Crippen LogP contribution is -2.51. The molecule has 0 saturated heterocycles. The number of amides is 2. The van der Waals surface area contributed by atoms with Crippen molar-refractivity contribution in [2.75, 3.05) is 17.4 Å². The Labute approximate surface area is 240 Å². The maximum absolute atomic E-state index is 14.0. The molecule has 208 valence electrons. The lowest BCUT2D eigenvalue weighted by molar-refractivity contribution is -0.139. The highest BCUT2D eigenvalue weighted by atomic mass is 35.5. The number of carbonyl (C=O) groups excluding carboxylic acids is 2. The van der Waals surface area contributed by atoms with Gasteiger partial charge in [-0.15, -0.1) is 0 Å². The van der Waals surface area contributed by atoms with Crippen molar-refractivity contribution in [3.05, 3.63) is 93.5 Å². The van der Waals surface area contributed by atoms with Crippen LogP contribution in [0.3, 0.4) is 0 Å². The Balaban J connectivity index is 2.07. The van der Waals surface area contributed by atoms with Crippen LogP contribution in [0.2, 0.25) is 10.0 Å². The van der Waals surface area contributed by atoms with Gasteiger partial charge < -0.3 is 10.2 Å². The van der Waals surface area contributed by atoms with Crippen LogP contribution >= 0.6 is 23.2 Å². The Hall–Kier alpha value is -3.07. The van der Waals surface area contributed by atoms with Crippen LogP contribution in [0.15, 0.2) is 71.6 Å². The molecule has 1 atom stereocenters. The van der Waals surface area contributed by atoms with E-state index in [2.05, 4.69) is 5.32 Å². The molecule has 0 radical (unpaired) electrons. The van der Waals surface area contributed by atoms with E-state index in [1.165, 1.54) is 17.0 Å². The number of nitrogens with zero attached hydrogens (tertiary/aromatic N) is 2. The van der Waals surface area contributed by atoms with Crippen molar-refractivity contribution >= 4 is 50.7 Å². The van der Waals surface area contributed by atoms with E-state index in [1.807, 2.05) is 13.8 Å². The van der Waals surface area contributed by atoms with Crippen molar-refractivity contribution in [2.45, 2.75) is 51.6 Å². The Kier molecular flexibility index (Phi) is 10.4. The average Bonchev–Trinajstić information content (AvgIpc) is 2.90. The van der Waals surface area contributed by atoms with Crippen molar-refractivity contribution in [2.24, 2.45) is 0 Å². The highest BCUT2D eigenvalue weighted by Gasteiger charge is 2.33. The van der Waals surface area contributed by atoms with E-state index in [-0.39, 0.29) is 17.3 Å². The number of hydrogen-bond donors (Lipinski definition) is 1. The van der Waals surface area contributed by atoms with Gasteiger partial charge in [-0.3, -0.25) is 13.9 Å². The fourth-order valence-electron chi connectivity index (χ4n) is 4.03. The van der Waals surface area contributed by atoms with E-state index in [0.29, 0.717) is 33.4 Å². The predicted molar refractivity (Wildman–Crippen MR) is 157 cm³/mol. The lowest BCUT2D eigenvalue weighted by Gasteiger charge is -2.32. The second-order valence-electron chi connectivity index (χ2n) is 9.30. The molecule has 3 aromatic carbocycles. The summed E-state index contributed by atoms with van der Waals surface area (Å²) >= 11 is 12.8. The van der Waals surface area contributed by atoms with Crippen LogP contribution in [0.1, 0.15) is 37.0 Å². The minimum absolute atomic E-state index is 0.0542. The van der Waals surface area contributed by atoms with Crippen LogP contribution in [0.4, 0.5) is 5.69 Å². The van der Waals surface area contributed by atoms with Gasteiger partial charge in [-0.1, -0.05) is 72.1 Å². The minimum atomic E-state index is -4.14. The smallest absolute Gasteiger partial charge is 0.264 e. The molecular formula is C29H33Cl2N3O4S. The zero-order chi connectivity index (χ0) is 28.7. The number of benzene rings is 3. The minimum Gasteiger partial charge on any atom is -0.354 e. The molecule has 0 heterocycles. The molecule has 7 nitrogen and oxygen atoms in total.